The summed E-state index contributed by atoms with van der Waals surface area (Å²) >= 11 is 0. The molecule has 2 fully saturated rings. The highest BCUT2D eigenvalue weighted by atomic mass is 16.2. The van der Waals surface area contributed by atoms with Crippen LogP contribution in [0.15, 0.2) is 0 Å². The van der Waals surface area contributed by atoms with Gasteiger partial charge in [-0.3, -0.25) is 9.59 Å². The lowest BCUT2D eigenvalue weighted by Gasteiger charge is -2.34. The van der Waals surface area contributed by atoms with Crippen molar-refractivity contribution in [2.75, 3.05) is 33.7 Å². The van der Waals surface area contributed by atoms with Gasteiger partial charge in [0.1, 0.15) is 6.04 Å². The number of carbonyl (C=O) groups excluding carboxylic acids is 2. The summed E-state index contributed by atoms with van der Waals surface area (Å²) in [6.45, 7) is 4.45. The summed E-state index contributed by atoms with van der Waals surface area (Å²) in [6.07, 6.45) is 3.47. The summed E-state index contributed by atoms with van der Waals surface area (Å²) in [7, 11) is 3.52. The Balaban J connectivity index is 2.15. The van der Waals surface area contributed by atoms with E-state index in [0.717, 1.165) is 45.3 Å². The molecule has 0 aromatic rings. The van der Waals surface area contributed by atoms with Gasteiger partial charge in [-0.1, -0.05) is 6.92 Å². The maximum Gasteiger partial charge on any atom is 0.244 e. The van der Waals surface area contributed by atoms with Gasteiger partial charge < -0.3 is 15.1 Å². The summed E-state index contributed by atoms with van der Waals surface area (Å²) in [5.41, 5.74) is -0.283. The van der Waals surface area contributed by atoms with Crippen molar-refractivity contribution in [1.82, 2.24) is 15.1 Å². The number of amides is 2. The highest BCUT2D eigenvalue weighted by Gasteiger charge is 2.46. The van der Waals surface area contributed by atoms with Gasteiger partial charge in [0.25, 0.3) is 0 Å². The minimum absolute atomic E-state index is 0.0584. The zero-order valence-electron chi connectivity index (χ0n) is 12.2. The second-order valence-electron chi connectivity index (χ2n) is 5.95. The first-order chi connectivity index (χ1) is 9.02. The third kappa shape index (κ3) is 2.48. The summed E-state index contributed by atoms with van der Waals surface area (Å²) in [5, 5.41) is 3.29. The number of nitrogens with one attached hydrogen (secondary N) is 1. The van der Waals surface area contributed by atoms with Crippen LogP contribution in [-0.4, -0.2) is 61.4 Å². The molecule has 2 unspecified atom stereocenters. The molecule has 0 radical (unpaired) electrons. The van der Waals surface area contributed by atoms with E-state index < -0.39 is 0 Å². The summed E-state index contributed by atoms with van der Waals surface area (Å²) in [4.78, 5) is 28.5. The van der Waals surface area contributed by atoms with Crippen molar-refractivity contribution in [3.63, 3.8) is 0 Å². The van der Waals surface area contributed by atoms with Gasteiger partial charge in [-0.2, -0.15) is 0 Å². The van der Waals surface area contributed by atoms with Crippen LogP contribution in [0.5, 0.6) is 0 Å². The van der Waals surface area contributed by atoms with E-state index in [-0.39, 0.29) is 23.3 Å². The van der Waals surface area contributed by atoms with Gasteiger partial charge in [0.2, 0.25) is 11.8 Å². The molecule has 2 atom stereocenters. The van der Waals surface area contributed by atoms with E-state index in [1.165, 1.54) is 0 Å². The van der Waals surface area contributed by atoms with Crippen LogP contribution in [0.4, 0.5) is 0 Å². The molecule has 0 bridgehead atoms. The Kier molecular flexibility index (Phi) is 4.13. The van der Waals surface area contributed by atoms with Crippen molar-refractivity contribution >= 4 is 11.8 Å². The minimum Gasteiger partial charge on any atom is -0.347 e. The number of rotatable bonds is 3. The van der Waals surface area contributed by atoms with Crippen LogP contribution < -0.4 is 5.32 Å². The maximum absolute atomic E-state index is 12.9. The predicted octanol–water partition coefficient (Wildman–Crippen LogP) is 0.455. The Hall–Kier alpha value is -1.10. The molecule has 108 valence electrons. The van der Waals surface area contributed by atoms with Gasteiger partial charge >= 0.3 is 0 Å². The van der Waals surface area contributed by atoms with Crippen LogP contribution in [-0.2, 0) is 9.59 Å². The Labute approximate surface area is 115 Å². The van der Waals surface area contributed by atoms with Crippen molar-refractivity contribution in [2.45, 2.75) is 38.6 Å². The Bertz CT molecular complexity index is 362. The molecule has 19 heavy (non-hydrogen) atoms. The molecular formula is C14H25N3O2. The molecular weight excluding hydrogens is 242 g/mol. The maximum atomic E-state index is 12.9. The normalized spacial score (nSPS) is 30.7. The molecule has 0 aromatic heterocycles. The Morgan fingerprint density at radius 1 is 1.42 bits per heavy atom. The molecule has 0 saturated carbocycles. The minimum atomic E-state index is -0.283. The first-order valence-electron chi connectivity index (χ1n) is 7.25. The molecule has 2 amide bonds. The number of hydrogen-bond acceptors (Lipinski definition) is 3. The molecule has 2 heterocycles. The lowest BCUT2D eigenvalue weighted by Crippen LogP contribution is -2.51. The highest BCUT2D eigenvalue weighted by Crippen LogP contribution is 2.34. The summed E-state index contributed by atoms with van der Waals surface area (Å²) in [6, 6.07) is -0.244. The number of likely N-dealkylation sites (tertiary alicyclic amines) is 1. The smallest absolute Gasteiger partial charge is 0.244 e. The van der Waals surface area contributed by atoms with E-state index >= 15 is 0 Å². The lowest BCUT2D eigenvalue weighted by atomic mass is 9.82. The Morgan fingerprint density at radius 2 is 2.16 bits per heavy atom. The van der Waals surface area contributed by atoms with Crippen LogP contribution in [0.2, 0.25) is 0 Å². The van der Waals surface area contributed by atoms with Gasteiger partial charge in [0.05, 0.1) is 5.41 Å². The van der Waals surface area contributed by atoms with Gasteiger partial charge in [-0.05, 0) is 32.2 Å². The molecule has 1 N–H and O–H groups in total. The second-order valence-corrected chi connectivity index (χ2v) is 5.95. The fourth-order valence-corrected chi connectivity index (χ4v) is 3.25. The third-order valence-corrected chi connectivity index (χ3v) is 4.61. The van der Waals surface area contributed by atoms with Gasteiger partial charge in [-0.25, -0.2) is 0 Å². The first-order valence-corrected chi connectivity index (χ1v) is 7.25. The first kappa shape index (κ1) is 14.3. The monoisotopic (exact) mass is 267 g/mol. The van der Waals surface area contributed by atoms with E-state index in [9.17, 15) is 9.59 Å². The van der Waals surface area contributed by atoms with Crippen LogP contribution in [0.25, 0.3) is 0 Å². The zero-order chi connectivity index (χ0) is 14.0. The quantitative estimate of drug-likeness (QED) is 0.808. The van der Waals surface area contributed by atoms with Crippen molar-refractivity contribution in [3.05, 3.63) is 0 Å². The number of carbonyl (C=O) groups is 2. The van der Waals surface area contributed by atoms with E-state index in [1.807, 2.05) is 4.90 Å². The molecule has 0 aliphatic carbocycles. The summed E-state index contributed by atoms with van der Waals surface area (Å²) in [5.74, 6) is 0.237. The third-order valence-electron chi connectivity index (χ3n) is 4.61. The van der Waals surface area contributed by atoms with Gasteiger partial charge in [0.15, 0.2) is 0 Å². The lowest BCUT2D eigenvalue weighted by molar-refractivity contribution is -0.148. The van der Waals surface area contributed by atoms with Crippen molar-refractivity contribution in [3.8, 4) is 0 Å². The fourth-order valence-electron chi connectivity index (χ4n) is 3.25. The average Bonchev–Trinajstić information content (AvgIpc) is 3.06. The molecule has 2 aliphatic heterocycles. The van der Waals surface area contributed by atoms with Crippen molar-refractivity contribution in [1.29, 1.82) is 0 Å². The van der Waals surface area contributed by atoms with Crippen molar-refractivity contribution < 1.29 is 9.59 Å². The van der Waals surface area contributed by atoms with E-state index in [1.54, 1.807) is 19.0 Å². The molecule has 0 spiro atoms. The van der Waals surface area contributed by atoms with Crippen LogP contribution >= 0.6 is 0 Å². The number of likely N-dealkylation sites (N-methyl/N-ethyl adjacent to an activating group) is 1. The molecule has 5 heteroatoms. The van der Waals surface area contributed by atoms with Crippen LogP contribution in [0, 0.1) is 5.41 Å². The second kappa shape index (κ2) is 5.49. The SMILES string of the molecule is CCC1(C(=O)N2CCCC2C(=O)N(C)C)CCNC1. The van der Waals surface area contributed by atoms with E-state index in [4.69, 9.17) is 0 Å². The highest BCUT2D eigenvalue weighted by molar-refractivity contribution is 5.90. The molecule has 2 saturated heterocycles. The van der Waals surface area contributed by atoms with Crippen LogP contribution in [0.1, 0.15) is 32.6 Å². The topological polar surface area (TPSA) is 52.7 Å². The number of hydrogen-bond donors (Lipinski definition) is 1. The standard InChI is InChI=1S/C14H25N3O2/c1-4-14(7-8-15-10-14)13(19)17-9-5-6-11(17)12(18)16(2)3/h11,15H,4-10H2,1-3H3. The van der Waals surface area contributed by atoms with E-state index in [2.05, 4.69) is 12.2 Å². The number of nitrogens with zero attached hydrogens (tertiary/aromatic N) is 2. The Morgan fingerprint density at radius 3 is 2.68 bits per heavy atom. The molecule has 2 rings (SSSR count). The van der Waals surface area contributed by atoms with Gasteiger partial charge in [0, 0.05) is 27.2 Å². The predicted molar refractivity (Wildman–Crippen MR) is 73.6 cm³/mol. The largest absolute Gasteiger partial charge is 0.347 e. The zero-order valence-corrected chi connectivity index (χ0v) is 12.2. The van der Waals surface area contributed by atoms with Crippen molar-refractivity contribution in [2.24, 2.45) is 5.41 Å². The van der Waals surface area contributed by atoms with E-state index in [0.29, 0.717) is 0 Å². The van der Waals surface area contributed by atoms with Crippen LogP contribution in [0.3, 0.4) is 0 Å². The summed E-state index contributed by atoms with van der Waals surface area (Å²) < 4.78 is 0. The molecule has 0 aromatic carbocycles. The average molecular weight is 267 g/mol. The molecule has 5 nitrogen and oxygen atoms in total. The van der Waals surface area contributed by atoms with Gasteiger partial charge in [-0.15, -0.1) is 0 Å². The molecule has 2 aliphatic rings. The fraction of sp³-hybridized carbons (Fsp3) is 0.857.